The van der Waals surface area contributed by atoms with Crippen molar-refractivity contribution in [2.75, 3.05) is 10.6 Å². The number of hydrogen-bond donors (Lipinski definition) is 1. The lowest BCUT2D eigenvalue weighted by atomic mass is 10.2. The van der Waals surface area contributed by atoms with Crippen LogP contribution in [0.4, 0.5) is 14.5 Å². The maximum absolute atomic E-state index is 12.0. The summed E-state index contributed by atoms with van der Waals surface area (Å²) in [6.45, 7) is -2.93. The molecule has 1 amide bonds. The lowest BCUT2D eigenvalue weighted by Crippen LogP contribution is -2.11. The van der Waals surface area contributed by atoms with Crippen LogP contribution in [-0.2, 0) is 4.79 Å². The molecular formula is C12H13BrClF2NO2. The van der Waals surface area contributed by atoms with Crippen LogP contribution in [-0.4, -0.2) is 17.8 Å². The molecule has 0 radical (unpaired) electrons. The number of benzene rings is 1. The van der Waals surface area contributed by atoms with Gasteiger partial charge in [-0.3, -0.25) is 4.79 Å². The number of rotatable bonds is 7. The lowest BCUT2D eigenvalue weighted by molar-refractivity contribution is -0.116. The van der Waals surface area contributed by atoms with E-state index in [1.54, 1.807) is 0 Å². The fraction of sp³-hybridized carbons (Fsp3) is 0.417. The Kier molecular flexibility index (Phi) is 7.09. The van der Waals surface area contributed by atoms with Gasteiger partial charge in [-0.05, 0) is 31.0 Å². The maximum Gasteiger partial charge on any atom is 0.387 e. The summed E-state index contributed by atoms with van der Waals surface area (Å²) in [7, 11) is 0. The van der Waals surface area contributed by atoms with E-state index < -0.39 is 6.61 Å². The second-order valence-electron chi connectivity index (χ2n) is 3.72. The van der Waals surface area contributed by atoms with Gasteiger partial charge < -0.3 is 10.1 Å². The van der Waals surface area contributed by atoms with E-state index in [4.69, 9.17) is 11.6 Å². The highest BCUT2D eigenvalue weighted by molar-refractivity contribution is 9.09. The van der Waals surface area contributed by atoms with E-state index in [0.717, 1.165) is 18.2 Å². The fourth-order valence-corrected chi connectivity index (χ4v) is 2.00. The molecule has 0 saturated carbocycles. The number of ether oxygens (including phenoxy) is 1. The number of alkyl halides is 3. The van der Waals surface area contributed by atoms with Gasteiger partial charge in [0, 0.05) is 17.4 Å². The van der Waals surface area contributed by atoms with E-state index in [1.165, 1.54) is 18.2 Å². The Balaban J connectivity index is 2.55. The average molecular weight is 357 g/mol. The number of hydrogen-bond acceptors (Lipinski definition) is 2. The number of halogens is 4. The van der Waals surface area contributed by atoms with Gasteiger partial charge in [-0.25, -0.2) is 0 Å². The first-order valence-electron chi connectivity index (χ1n) is 5.63. The normalized spacial score (nSPS) is 10.6. The summed E-state index contributed by atoms with van der Waals surface area (Å²) in [5.74, 6) is -0.256. The van der Waals surface area contributed by atoms with Gasteiger partial charge in [0.15, 0.2) is 0 Å². The van der Waals surface area contributed by atoms with E-state index >= 15 is 0 Å². The van der Waals surface area contributed by atoms with Gasteiger partial charge in [-0.15, -0.1) is 0 Å². The minimum absolute atomic E-state index is 0.0264. The van der Waals surface area contributed by atoms with Crippen LogP contribution in [0.2, 0.25) is 5.02 Å². The van der Waals surface area contributed by atoms with Crippen molar-refractivity contribution in [2.24, 2.45) is 0 Å². The van der Waals surface area contributed by atoms with Crippen molar-refractivity contribution < 1.29 is 18.3 Å². The Morgan fingerprint density at radius 1 is 1.42 bits per heavy atom. The predicted molar refractivity (Wildman–Crippen MR) is 74.4 cm³/mol. The van der Waals surface area contributed by atoms with Crippen LogP contribution in [0, 0.1) is 0 Å². The second-order valence-corrected chi connectivity index (χ2v) is 4.92. The molecule has 0 fully saturated rings. The van der Waals surface area contributed by atoms with Gasteiger partial charge >= 0.3 is 6.61 Å². The zero-order valence-electron chi connectivity index (χ0n) is 9.97. The molecule has 7 heteroatoms. The third-order valence-electron chi connectivity index (χ3n) is 2.22. The van der Waals surface area contributed by atoms with E-state index in [0.29, 0.717) is 12.1 Å². The molecule has 0 aliphatic carbocycles. The summed E-state index contributed by atoms with van der Waals surface area (Å²) in [6.07, 6.45) is 2.09. The smallest absolute Gasteiger partial charge is 0.387 e. The van der Waals surface area contributed by atoms with Crippen LogP contribution in [0.25, 0.3) is 0 Å². The van der Waals surface area contributed by atoms with Crippen LogP contribution in [0.5, 0.6) is 5.75 Å². The topological polar surface area (TPSA) is 38.3 Å². The van der Waals surface area contributed by atoms with E-state index in [2.05, 4.69) is 26.0 Å². The molecule has 0 aliphatic heterocycles. The quantitative estimate of drug-likeness (QED) is 0.579. The number of anilines is 1. The second kappa shape index (κ2) is 8.32. The molecule has 0 bridgehead atoms. The van der Waals surface area contributed by atoms with Gasteiger partial charge in [-0.2, -0.15) is 8.78 Å². The van der Waals surface area contributed by atoms with Crippen LogP contribution in [0.15, 0.2) is 18.2 Å². The van der Waals surface area contributed by atoms with Gasteiger partial charge in [-0.1, -0.05) is 27.5 Å². The zero-order valence-corrected chi connectivity index (χ0v) is 12.3. The van der Waals surface area contributed by atoms with Crippen LogP contribution < -0.4 is 10.1 Å². The maximum atomic E-state index is 12.0. The van der Waals surface area contributed by atoms with Crippen LogP contribution >= 0.6 is 27.5 Å². The van der Waals surface area contributed by atoms with Gasteiger partial charge in [0.05, 0.1) is 5.02 Å². The molecule has 0 saturated heterocycles. The molecule has 1 N–H and O–H groups in total. The first kappa shape index (κ1) is 16.2. The van der Waals surface area contributed by atoms with Crippen molar-refractivity contribution in [3.05, 3.63) is 23.2 Å². The van der Waals surface area contributed by atoms with Gasteiger partial charge in [0.25, 0.3) is 0 Å². The Bertz CT molecular complexity index is 432. The lowest BCUT2D eigenvalue weighted by Gasteiger charge is -2.09. The highest BCUT2D eigenvalue weighted by Gasteiger charge is 2.10. The van der Waals surface area contributed by atoms with Crippen molar-refractivity contribution in [3.8, 4) is 5.75 Å². The minimum atomic E-state index is -2.93. The Hall–Kier alpha value is -0.880. The number of unbranched alkanes of at least 4 members (excludes halogenated alkanes) is 1. The molecule has 1 aromatic rings. The van der Waals surface area contributed by atoms with Crippen molar-refractivity contribution >= 4 is 39.1 Å². The van der Waals surface area contributed by atoms with Gasteiger partial charge in [0.1, 0.15) is 5.75 Å². The highest BCUT2D eigenvalue weighted by atomic mass is 79.9. The third-order valence-corrected chi connectivity index (χ3v) is 3.08. The summed E-state index contributed by atoms with van der Waals surface area (Å²) in [5.41, 5.74) is 0.454. The SMILES string of the molecule is O=C(CCCCBr)Nc1ccc(OC(F)F)c(Cl)c1. The first-order valence-corrected chi connectivity index (χ1v) is 7.13. The molecule has 19 heavy (non-hydrogen) atoms. The predicted octanol–water partition coefficient (Wildman–Crippen LogP) is 4.45. The molecule has 1 aromatic carbocycles. The summed E-state index contributed by atoms with van der Waals surface area (Å²) >= 11 is 9.05. The van der Waals surface area contributed by atoms with Gasteiger partial charge in [0.2, 0.25) is 5.91 Å². The molecule has 106 valence electrons. The number of nitrogens with one attached hydrogen (secondary N) is 1. The molecule has 1 rings (SSSR count). The zero-order chi connectivity index (χ0) is 14.3. The summed E-state index contributed by atoms with van der Waals surface area (Å²) in [4.78, 5) is 11.5. The Labute approximate surface area is 123 Å². The molecule has 0 heterocycles. The molecule has 3 nitrogen and oxygen atoms in total. The Morgan fingerprint density at radius 2 is 2.16 bits per heavy atom. The van der Waals surface area contributed by atoms with E-state index in [1.807, 2.05) is 0 Å². The Morgan fingerprint density at radius 3 is 2.74 bits per heavy atom. The highest BCUT2D eigenvalue weighted by Crippen LogP contribution is 2.28. The van der Waals surface area contributed by atoms with Crippen molar-refractivity contribution in [2.45, 2.75) is 25.9 Å². The summed E-state index contributed by atoms with van der Waals surface area (Å²) < 4.78 is 28.3. The van der Waals surface area contributed by atoms with Crippen molar-refractivity contribution in [1.82, 2.24) is 0 Å². The minimum Gasteiger partial charge on any atom is -0.433 e. The number of amides is 1. The molecule has 0 atom stereocenters. The largest absolute Gasteiger partial charge is 0.433 e. The molecule has 0 unspecified atom stereocenters. The molecule has 0 spiro atoms. The third kappa shape index (κ3) is 6.20. The first-order chi connectivity index (χ1) is 9.02. The monoisotopic (exact) mass is 355 g/mol. The summed E-state index contributed by atoms with van der Waals surface area (Å²) in [5, 5.41) is 3.52. The van der Waals surface area contributed by atoms with Crippen molar-refractivity contribution in [1.29, 1.82) is 0 Å². The summed E-state index contributed by atoms with van der Waals surface area (Å²) in [6, 6.07) is 4.14. The molecular weight excluding hydrogens is 343 g/mol. The standard InChI is InChI=1S/C12H13BrClF2NO2/c13-6-2-1-3-11(18)17-8-4-5-10(9(14)7-8)19-12(15)16/h4-5,7,12H,1-3,6H2,(H,17,18). The number of carbonyl (C=O) groups excluding carboxylic acids is 1. The van der Waals surface area contributed by atoms with E-state index in [-0.39, 0.29) is 16.7 Å². The molecule has 0 aliphatic rings. The van der Waals surface area contributed by atoms with Crippen LogP contribution in [0.3, 0.4) is 0 Å². The van der Waals surface area contributed by atoms with E-state index in [9.17, 15) is 13.6 Å². The number of carbonyl (C=O) groups is 1. The van der Waals surface area contributed by atoms with Crippen LogP contribution in [0.1, 0.15) is 19.3 Å². The average Bonchev–Trinajstić information content (AvgIpc) is 2.32. The fourth-order valence-electron chi connectivity index (χ4n) is 1.37. The molecule has 0 aromatic heterocycles. The van der Waals surface area contributed by atoms with Crippen molar-refractivity contribution in [3.63, 3.8) is 0 Å².